The summed E-state index contributed by atoms with van der Waals surface area (Å²) < 4.78 is 29.4. The van der Waals surface area contributed by atoms with Gasteiger partial charge in [-0.3, -0.25) is 9.40 Å². The van der Waals surface area contributed by atoms with Gasteiger partial charge in [-0.25, -0.2) is 4.79 Å². The summed E-state index contributed by atoms with van der Waals surface area (Å²) >= 11 is 0. The van der Waals surface area contributed by atoms with Gasteiger partial charge in [-0.1, -0.05) is 6.92 Å². The smallest absolute Gasteiger partial charge is 0.341 e. The van der Waals surface area contributed by atoms with E-state index in [0.717, 1.165) is 19.0 Å². The fourth-order valence-corrected chi connectivity index (χ4v) is 3.43. The third-order valence-electron chi connectivity index (χ3n) is 3.48. The van der Waals surface area contributed by atoms with E-state index in [9.17, 15) is 13.2 Å². The van der Waals surface area contributed by atoms with E-state index in [-0.39, 0.29) is 11.4 Å². The van der Waals surface area contributed by atoms with E-state index >= 15 is 0 Å². The van der Waals surface area contributed by atoms with Gasteiger partial charge >= 0.3 is 16.2 Å². The lowest BCUT2D eigenvalue weighted by atomic mass is 10.0. The molecule has 0 amide bonds. The first-order chi connectivity index (χ1) is 9.31. The van der Waals surface area contributed by atoms with E-state index in [1.165, 1.54) is 16.0 Å². The lowest BCUT2D eigenvalue weighted by molar-refractivity contribution is 0.0698. The Bertz CT molecular complexity index is 602. The fourth-order valence-electron chi connectivity index (χ4n) is 2.13. The molecule has 0 aliphatic carbocycles. The third kappa shape index (κ3) is 2.93. The molecule has 1 fully saturated rings. The maximum Gasteiger partial charge on any atom is 0.341 e. The molecule has 1 aromatic heterocycles. The lowest BCUT2D eigenvalue weighted by Gasteiger charge is -2.29. The van der Waals surface area contributed by atoms with Crippen molar-refractivity contribution in [2.45, 2.75) is 19.8 Å². The Morgan fingerprint density at radius 1 is 1.45 bits per heavy atom. The topological polar surface area (TPSA) is 105 Å². The van der Waals surface area contributed by atoms with Crippen LogP contribution in [0.25, 0.3) is 0 Å². The molecule has 2 rings (SSSR count). The highest BCUT2D eigenvalue weighted by atomic mass is 32.2. The van der Waals surface area contributed by atoms with E-state index in [2.05, 4.69) is 16.7 Å². The van der Waals surface area contributed by atoms with E-state index in [4.69, 9.17) is 5.11 Å². The summed E-state index contributed by atoms with van der Waals surface area (Å²) in [6.45, 7) is 2.97. The minimum atomic E-state index is -3.75. The molecule has 0 saturated carbocycles. The van der Waals surface area contributed by atoms with E-state index in [1.54, 1.807) is 0 Å². The molecule has 20 heavy (non-hydrogen) atoms. The second-order valence-corrected chi connectivity index (χ2v) is 6.69. The van der Waals surface area contributed by atoms with Crippen molar-refractivity contribution in [2.24, 2.45) is 13.0 Å². The van der Waals surface area contributed by atoms with Gasteiger partial charge in [0.1, 0.15) is 5.56 Å². The van der Waals surface area contributed by atoms with Crippen molar-refractivity contribution >= 4 is 22.0 Å². The predicted octanol–water partition coefficient (Wildman–Crippen LogP) is 0.507. The van der Waals surface area contributed by atoms with Crippen LogP contribution in [0, 0.1) is 5.92 Å². The minimum absolute atomic E-state index is 0.0314. The summed E-state index contributed by atoms with van der Waals surface area (Å²) in [6, 6.07) is 0. The molecule has 0 unspecified atom stereocenters. The van der Waals surface area contributed by atoms with Gasteiger partial charge in [-0.05, 0) is 18.8 Å². The highest BCUT2D eigenvalue weighted by molar-refractivity contribution is 7.90. The molecular weight excluding hydrogens is 284 g/mol. The van der Waals surface area contributed by atoms with Gasteiger partial charge in [0.2, 0.25) is 0 Å². The molecule has 0 spiro atoms. The first kappa shape index (κ1) is 14.8. The molecule has 1 aromatic rings. The normalized spacial score (nSPS) is 18.1. The van der Waals surface area contributed by atoms with E-state index < -0.39 is 16.2 Å². The monoisotopic (exact) mass is 302 g/mol. The summed E-state index contributed by atoms with van der Waals surface area (Å²) in [5, 5.41) is 12.8. The number of aromatic nitrogens is 2. The maximum atomic E-state index is 12.3. The van der Waals surface area contributed by atoms with Crippen molar-refractivity contribution in [1.29, 1.82) is 0 Å². The summed E-state index contributed by atoms with van der Waals surface area (Å²) in [7, 11) is -2.26. The summed E-state index contributed by atoms with van der Waals surface area (Å²) in [5.41, 5.74) is -0.165. The summed E-state index contributed by atoms with van der Waals surface area (Å²) in [4.78, 5) is 11.0. The molecular formula is C11H18N4O4S. The van der Waals surface area contributed by atoms with E-state index in [0.29, 0.717) is 19.0 Å². The van der Waals surface area contributed by atoms with Gasteiger partial charge in [0.05, 0.1) is 6.20 Å². The van der Waals surface area contributed by atoms with Crippen LogP contribution in [0.15, 0.2) is 6.20 Å². The number of rotatable bonds is 4. The van der Waals surface area contributed by atoms with Crippen molar-refractivity contribution < 1.29 is 18.3 Å². The second-order valence-electron chi connectivity index (χ2n) is 5.02. The number of nitrogens with zero attached hydrogens (tertiary/aromatic N) is 3. The lowest BCUT2D eigenvalue weighted by Crippen LogP contribution is -2.41. The Kier molecular flexibility index (Phi) is 4.00. The maximum absolute atomic E-state index is 12.3. The average molecular weight is 302 g/mol. The molecule has 1 aliphatic heterocycles. The van der Waals surface area contributed by atoms with Crippen LogP contribution in [0.3, 0.4) is 0 Å². The molecule has 0 bridgehead atoms. The third-order valence-corrected chi connectivity index (χ3v) is 4.97. The van der Waals surface area contributed by atoms with Crippen molar-refractivity contribution in [3.05, 3.63) is 11.8 Å². The molecule has 2 N–H and O–H groups in total. The number of hydrogen-bond donors (Lipinski definition) is 2. The Labute approximate surface area is 117 Å². The number of aryl methyl sites for hydroxylation is 1. The molecule has 0 aromatic carbocycles. The Morgan fingerprint density at radius 3 is 2.60 bits per heavy atom. The Hall–Kier alpha value is -1.61. The predicted molar refractivity (Wildman–Crippen MR) is 72.7 cm³/mol. The first-order valence-electron chi connectivity index (χ1n) is 6.34. The number of hydrogen-bond acceptors (Lipinski definition) is 4. The molecule has 112 valence electrons. The van der Waals surface area contributed by atoms with Crippen LogP contribution in [0.1, 0.15) is 30.1 Å². The number of piperidine rings is 1. The van der Waals surface area contributed by atoms with E-state index in [1.807, 2.05) is 0 Å². The fraction of sp³-hybridized carbons (Fsp3) is 0.636. The van der Waals surface area contributed by atoms with Crippen LogP contribution in [0.2, 0.25) is 0 Å². The minimum Gasteiger partial charge on any atom is -0.477 e. The number of carboxylic acid groups (broad SMARTS) is 1. The number of nitrogens with one attached hydrogen (secondary N) is 1. The molecule has 1 aliphatic rings. The highest BCUT2D eigenvalue weighted by Crippen LogP contribution is 2.21. The van der Waals surface area contributed by atoms with Gasteiger partial charge < -0.3 is 5.11 Å². The van der Waals surface area contributed by atoms with Gasteiger partial charge in [0, 0.05) is 20.1 Å². The van der Waals surface area contributed by atoms with Crippen LogP contribution in [-0.2, 0) is 17.3 Å². The SMILES string of the molecule is CC1CCN(S(=O)(=O)Nc2c(C(=O)O)cnn2C)CC1. The summed E-state index contributed by atoms with van der Waals surface area (Å²) in [6.07, 6.45) is 2.73. The van der Waals surface area contributed by atoms with Gasteiger partial charge in [0.25, 0.3) is 0 Å². The Balaban J connectivity index is 2.20. The van der Waals surface area contributed by atoms with Crippen LogP contribution >= 0.6 is 0 Å². The quantitative estimate of drug-likeness (QED) is 0.843. The molecule has 0 atom stereocenters. The molecule has 9 heteroatoms. The van der Waals surface area contributed by atoms with Gasteiger partial charge in [-0.2, -0.15) is 17.8 Å². The van der Waals surface area contributed by atoms with Crippen LogP contribution in [0.4, 0.5) is 5.82 Å². The van der Waals surface area contributed by atoms with Crippen molar-refractivity contribution in [3.63, 3.8) is 0 Å². The van der Waals surface area contributed by atoms with Crippen molar-refractivity contribution in [1.82, 2.24) is 14.1 Å². The molecule has 0 radical (unpaired) electrons. The van der Waals surface area contributed by atoms with Crippen LogP contribution < -0.4 is 4.72 Å². The van der Waals surface area contributed by atoms with Gasteiger partial charge in [0.15, 0.2) is 5.82 Å². The number of anilines is 1. The second kappa shape index (κ2) is 5.41. The number of aromatic carboxylic acids is 1. The summed E-state index contributed by atoms with van der Waals surface area (Å²) in [5.74, 6) is -0.744. The molecule has 2 heterocycles. The Morgan fingerprint density at radius 2 is 2.05 bits per heavy atom. The largest absolute Gasteiger partial charge is 0.477 e. The standard InChI is InChI=1S/C11H18N4O4S/c1-8-3-5-15(6-4-8)20(18,19)13-10-9(11(16)17)7-12-14(10)2/h7-8,13H,3-6H2,1-2H3,(H,16,17). The number of carboxylic acids is 1. The zero-order valence-corrected chi connectivity index (χ0v) is 12.2. The number of carbonyl (C=O) groups is 1. The van der Waals surface area contributed by atoms with Crippen molar-refractivity contribution in [2.75, 3.05) is 17.8 Å². The zero-order chi connectivity index (χ0) is 14.9. The van der Waals surface area contributed by atoms with Gasteiger partial charge in [-0.15, -0.1) is 0 Å². The average Bonchev–Trinajstić information content (AvgIpc) is 2.71. The van der Waals surface area contributed by atoms with Crippen LogP contribution in [0.5, 0.6) is 0 Å². The van der Waals surface area contributed by atoms with Crippen LogP contribution in [-0.4, -0.2) is 46.7 Å². The highest BCUT2D eigenvalue weighted by Gasteiger charge is 2.28. The first-order valence-corrected chi connectivity index (χ1v) is 7.78. The zero-order valence-electron chi connectivity index (χ0n) is 11.4. The molecule has 8 nitrogen and oxygen atoms in total. The van der Waals surface area contributed by atoms with Crippen molar-refractivity contribution in [3.8, 4) is 0 Å². The molecule has 1 saturated heterocycles.